The van der Waals surface area contributed by atoms with E-state index < -0.39 is 0 Å². The Morgan fingerprint density at radius 2 is 2.54 bits per heavy atom. The van der Waals surface area contributed by atoms with Crippen LogP contribution in [-0.2, 0) is 14.3 Å². The van der Waals surface area contributed by atoms with Crippen molar-refractivity contribution in [2.24, 2.45) is 0 Å². The molecule has 1 fully saturated rings. The number of likely N-dealkylation sites (tertiary alicyclic amines) is 1. The number of nitrogens with zero attached hydrogens (tertiary/aromatic N) is 2. The molecular weight excluding hydrogens is 172 g/mol. The number of hydrogen-bond acceptors (Lipinski definition) is 4. The predicted octanol–water partition coefficient (Wildman–Crippen LogP) is -0.326. The summed E-state index contributed by atoms with van der Waals surface area (Å²) < 4.78 is 4.30. The van der Waals surface area contributed by atoms with Gasteiger partial charge in [0.1, 0.15) is 6.29 Å². The quantitative estimate of drug-likeness (QED) is 0.442. The summed E-state index contributed by atoms with van der Waals surface area (Å²) in [5.41, 5.74) is 0. The Labute approximate surface area is 75.9 Å². The lowest BCUT2D eigenvalue weighted by Gasteiger charge is -2.18. The number of hydrogen-bond donors (Lipinski definition) is 0. The molecule has 0 aromatic carbocycles. The van der Waals surface area contributed by atoms with Gasteiger partial charge >= 0.3 is 0 Å². The molecule has 5 nitrogen and oxygen atoms in total. The summed E-state index contributed by atoms with van der Waals surface area (Å²) in [6.45, 7) is 0.317. The molecule has 70 valence electrons. The summed E-state index contributed by atoms with van der Waals surface area (Å²) in [6.07, 6.45) is 3.73. The first-order valence-electron chi connectivity index (χ1n) is 4.05. The van der Waals surface area contributed by atoms with E-state index in [9.17, 15) is 9.59 Å². The molecule has 0 aliphatic carbocycles. The second-order valence-corrected chi connectivity index (χ2v) is 2.81. The largest absolute Gasteiger partial charge is 0.417 e. The van der Waals surface area contributed by atoms with Crippen LogP contribution < -0.4 is 0 Å². The molecule has 1 aliphatic rings. The molecule has 0 aromatic heterocycles. The van der Waals surface area contributed by atoms with Crippen molar-refractivity contribution in [2.75, 3.05) is 13.2 Å². The van der Waals surface area contributed by atoms with Gasteiger partial charge in [-0.1, -0.05) is 0 Å². The van der Waals surface area contributed by atoms with Gasteiger partial charge in [-0.25, -0.2) is 0 Å². The van der Waals surface area contributed by atoms with Gasteiger partial charge in [0.2, 0.25) is 0 Å². The van der Waals surface area contributed by atoms with Crippen molar-refractivity contribution in [1.82, 2.24) is 4.90 Å². The number of aldehydes is 1. The van der Waals surface area contributed by atoms with Crippen LogP contribution in [0.4, 0.5) is 0 Å². The van der Waals surface area contributed by atoms with Gasteiger partial charge in [-0.3, -0.25) is 4.79 Å². The molecule has 0 aromatic rings. The van der Waals surface area contributed by atoms with E-state index in [1.165, 1.54) is 11.2 Å². The molecule has 1 unspecified atom stereocenters. The van der Waals surface area contributed by atoms with E-state index in [4.69, 9.17) is 5.26 Å². The molecule has 1 saturated heterocycles. The lowest BCUT2D eigenvalue weighted by Crippen LogP contribution is -2.38. The van der Waals surface area contributed by atoms with Crippen molar-refractivity contribution < 1.29 is 14.3 Å². The van der Waals surface area contributed by atoms with E-state index in [1.807, 2.05) is 0 Å². The van der Waals surface area contributed by atoms with Crippen LogP contribution in [0.15, 0.2) is 0 Å². The Kier molecular flexibility index (Phi) is 3.26. The van der Waals surface area contributed by atoms with Gasteiger partial charge in [-0.2, -0.15) is 5.26 Å². The van der Waals surface area contributed by atoms with Crippen LogP contribution in [0.25, 0.3) is 0 Å². The highest BCUT2D eigenvalue weighted by atomic mass is 16.5. The maximum Gasteiger partial charge on any atom is 0.286 e. The summed E-state index contributed by atoms with van der Waals surface area (Å²) in [7, 11) is 0. The average Bonchev–Trinajstić information content (AvgIpc) is 2.61. The van der Waals surface area contributed by atoms with Gasteiger partial charge in [0, 0.05) is 6.54 Å². The minimum absolute atomic E-state index is 0.263. The fraction of sp³-hybridized carbons (Fsp3) is 0.625. The minimum Gasteiger partial charge on any atom is -0.417 e. The van der Waals surface area contributed by atoms with Crippen LogP contribution in [0.3, 0.4) is 0 Å². The van der Waals surface area contributed by atoms with E-state index in [2.05, 4.69) is 4.74 Å². The Morgan fingerprint density at radius 1 is 1.77 bits per heavy atom. The monoisotopic (exact) mass is 182 g/mol. The number of ether oxygens (including phenoxy) is 1. The van der Waals surface area contributed by atoms with Gasteiger partial charge in [0.05, 0.1) is 6.04 Å². The van der Waals surface area contributed by atoms with E-state index in [-0.39, 0.29) is 18.6 Å². The first-order valence-corrected chi connectivity index (χ1v) is 4.05. The van der Waals surface area contributed by atoms with E-state index in [0.29, 0.717) is 13.0 Å². The highest BCUT2D eigenvalue weighted by molar-refractivity contribution is 5.81. The number of carbonyl (C=O) groups excluding carboxylic acids is 2. The van der Waals surface area contributed by atoms with Gasteiger partial charge in [0.25, 0.3) is 12.2 Å². The summed E-state index contributed by atoms with van der Waals surface area (Å²) in [4.78, 5) is 23.2. The molecule has 0 radical (unpaired) electrons. The Balaban J connectivity index is 2.46. The van der Waals surface area contributed by atoms with Crippen LogP contribution >= 0.6 is 0 Å². The summed E-state index contributed by atoms with van der Waals surface area (Å²) >= 11 is 0. The number of carbonyl (C=O) groups is 2. The van der Waals surface area contributed by atoms with Crippen LogP contribution in [0, 0.1) is 11.5 Å². The van der Waals surface area contributed by atoms with E-state index in [1.54, 1.807) is 0 Å². The predicted molar refractivity (Wildman–Crippen MR) is 42.4 cm³/mol. The molecule has 0 N–H and O–H groups in total. The fourth-order valence-electron chi connectivity index (χ4n) is 1.42. The van der Waals surface area contributed by atoms with Crippen LogP contribution in [0.2, 0.25) is 0 Å². The molecule has 0 saturated carbocycles. The third kappa shape index (κ3) is 2.18. The number of nitriles is 1. The first kappa shape index (κ1) is 9.52. The molecule has 13 heavy (non-hydrogen) atoms. The molecule has 1 rings (SSSR count). The molecule has 1 aliphatic heterocycles. The van der Waals surface area contributed by atoms with Gasteiger partial charge < -0.3 is 14.4 Å². The van der Waals surface area contributed by atoms with Gasteiger partial charge in [0.15, 0.2) is 6.61 Å². The third-order valence-corrected chi connectivity index (χ3v) is 2.04. The second-order valence-electron chi connectivity index (χ2n) is 2.81. The first-order chi connectivity index (χ1) is 6.29. The molecule has 1 amide bonds. The summed E-state index contributed by atoms with van der Waals surface area (Å²) in [5, 5.41) is 8.07. The highest BCUT2D eigenvalue weighted by Gasteiger charge is 2.28. The average molecular weight is 182 g/mol. The normalized spacial score (nSPS) is 20.8. The fourth-order valence-corrected chi connectivity index (χ4v) is 1.42. The minimum atomic E-state index is -0.324. The maximum absolute atomic E-state index is 11.3. The Morgan fingerprint density at radius 3 is 3.15 bits per heavy atom. The van der Waals surface area contributed by atoms with E-state index >= 15 is 0 Å². The molecular formula is C8H10N2O3. The van der Waals surface area contributed by atoms with Crippen molar-refractivity contribution in [3.8, 4) is 6.26 Å². The highest BCUT2D eigenvalue weighted by Crippen LogP contribution is 2.15. The zero-order valence-electron chi connectivity index (χ0n) is 7.10. The van der Waals surface area contributed by atoms with E-state index in [0.717, 1.165) is 12.7 Å². The summed E-state index contributed by atoms with van der Waals surface area (Å²) in [5.74, 6) is -0.295. The lowest BCUT2D eigenvalue weighted by molar-refractivity contribution is -0.137. The van der Waals surface area contributed by atoms with Crippen molar-refractivity contribution in [1.29, 1.82) is 5.26 Å². The maximum atomic E-state index is 11.3. The molecule has 0 bridgehead atoms. The number of rotatable bonds is 3. The van der Waals surface area contributed by atoms with Crippen LogP contribution in [-0.4, -0.2) is 36.3 Å². The van der Waals surface area contributed by atoms with Crippen molar-refractivity contribution in [2.45, 2.75) is 18.9 Å². The van der Waals surface area contributed by atoms with Gasteiger partial charge in [-0.05, 0) is 12.8 Å². The standard InChI is InChI=1S/C8H10N2O3/c9-6-13-5-8(12)10-3-1-2-7(10)4-11/h4,7H,1-3,5H2. The molecule has 1 atom stereocenters. The van der Waals surface area contributed by atoms with Crippen molar-refractivity contribution in [3.05, 3.63) is 0 Å². The molecule has 0 spiro atoms. The lowest BCUT2D eigenvalue weighted by atomic mass is 10.2. The Bertz CT molecular complexity index is 246. The second kappa shape index (κ2) is 4.45. The summed E-state index contributed by atoms with van der Waals surface area (Å²) in [6, 6.07) is -0.324. The van der Waals surface area contributed by atoms with Crippen molar-refractivity contribution in [3.63, 3.8) is 0 Å². The van der Waals surface area contributed by atoms with Crippen molar-refractivity contribution >= 4 is 12.2 Å². The zero-order valence-corrected chi connectivity index (χ0v) is 7.10. The molecule has 5 heteroatoms. The molecule has 1 heterocycles. The Hall–Kier alpha value is -1.57. The van der Waals surface area contributed by atoms with Crippen LogP contribution in [0.1, 0.15) is 12.8 Å². The number of amides is 1. The smallest absolute Gasteiger partial charge is 0.286 e. The SMILES string of the molecule is N#COCC(=O)N1CCCC1C=O. The third-order valence-electron chi connectivity index (χ3n) is 2.04. The zero-order chi connectivity index (χ0) is 9.68. The van der Waals surface area contributed by atoms with Gasteiger partial charge in [-0.15, -0.1) is 0 Å². The topological polar surface area (TPSA) is 70.4 Å². The van der Waals surface area contributed by atoms with Crippen LogP contribution in [0.5, 0.6) is 0 Å².